The highest BCUT2D eigenvalue weighted by molar-refractivity contribution is 7.12. The first-order valence-corrected chi connectivity index (χ1v) is 9.19. The van der Waals surface area contributed by atoms with Crippen LogP contribution in [0.3, 0.4) is 0 Å². The van der Waals surface area contributed by atoms with Crippen LogP contribution in [-0.2, 0) is 17.7 Å². The number of hydrogen-bond acceptors (Lipinski definition) is 6. The summed E-state index contributed by atoms with van der Waals surface area (Å²) in [5.41, 5.74) is 0. The zero-order chi connectivity index (χ0) is 16.5. The summed E-state index contributed by atoms with van der Waals surface area (Å²) in [5.74, 6) is 1.72. The highest BCUT2D eigenvalue weighted by Crippen LogP contribution is 2.25. The van der Waals surface area contributed by atoms with Crippen LogP contribution in [0.2, 0.25) is 0 Å². The first-order valence-electron chi connectivity index (χ1n) is 8.31. The van der Waals surface area contributed by atoms with Gasteiger partial charge in [-0.2, -0.15) is 4.98 Å². The Morgan fingerprint density at radius 3 is 3.00 bits per heavy atom. The van der Waals surface area contributed by atoms with E-state index >= 15 is 0 Å². The van der Waals surface area contributed by atoms with Crippen molar-refractivity contribution in [2.75, 3.05) is 31.6 Å². The van der Waals surface area contributed by atoms with Gasteiger partial charge in [0.05, 0.1) is 24.6 Å². The van der Waals surface area contributed by atoms with E-state index in [1.807, 2.05) is 16.1 Å². The molecule has 2 aromatic rings. The van der Waals surface area contributed by atoms with Crippen LogP contribution in [0.1, 0.15) is 22.4 Å². The summed E-state index contributed by atoms with van der Waals surface area (Å²) >= 11 is 1.41. The number of morpholine rings is 1. The third kappa shape index (κ3) is 3.09. The highest BCUT2D eigenvalue weighted by Gasteiger charge is 2.33. The van der Waals surface area contributed by atoms with Crippen LogP contribution in [-0.4, -0.2) is 57.9 Å². The lowest BCUT2D eigenvalue weighted by Gasteiger charge is -2.40. The summed E-state index contributed by atoms with van der Waals surface area (Å²) in [7, 11) is 0. The Bertz CT molecular complexity index is 708. The Morgan fingerprint density at radius 1 is 1.42 bits per heavy atom. The first kappa shape index (κ1) is 15.7. The van der Waals surface area contributed by atoms with Gasteiger partial charge in [0.15, 0.2) is 0 Å². The molecule has 0 aromatic carbocycles. The summed E-state index contributed by atoms with van der Waals surface area (Å²) < 4.78 is 7.40. The molecule has 2 atom stereocenters. The SMILES string of the molecule is CC1Cc2nc(NC(=O)c3cccs3)nn2CC1N1CCOCC1. The number of anilines is 1. The van der Waals surface area contributed by atoms with Crippen molar-refractivity contribution >= 4 is 23.2 Å². The lowest BCUT2D eigenvalue weighted by molar-refractivity contribution is -0.00537. The van der Waals surface area contributed by atoms with Crippen molar-refractivity contribution in [1.82, 2.24) is 19.7 Å². The third-order valence-corrected chi connectivity index (χ3v) is 5.62. The number of nitrogens with zero attached hydrogens (tertiary/aromatic N) is 4. The Labute approximate surface area is 144 Å². The minimum atomic E-state index is -0.147. The van der Waals surface area contributed by atoms with Gasteiger partial charge < -0.3 is 4.74 Å². The molecule has 0 radical (unpaired) electrons. The van der Waals surface area contributed by atoms with Crippen molar-refractivity contribution in [3.63, 3.8) is 0 Å². The van der Waals surface area contributed by atoms with Gasteiger partial charge in [0, 0.05) is 25.6 Å². The molecular weight excluding hydrogens is 326 g/mol. The van der Waals surface area contributed by atoms with Crippen molar-refractivity contribution < 1.29 is 9.53 Å². The van der Waals surface area contributed by atoms with Crippen molar-refractivity contribution in [2.45, 2.75) is 25.9 Å². The monoisotopic (exact) mass is 347 g/mol. The predicted molar refractivity (Wildman–Crippen MR) is 91.3 cm³/mol. The number of nitrogens with one attached hydrogen (secondary N) is 1. The van der Waals surface area contributed by atoms with Gasteiger partial charge in [0.25, 0.3) is 5.91 Å². The van der Waals surface area contributed by atoms with Crippen LogP contribution in [0.25, 0.3) is 0 Å². The second-order valence-corrected chi connectivity index (χ2v) is 7.31. The fraction of sp³-hybridized carbons (Fsp3) is 0.562. The van der Waals surface area contributed by atoms with E-state index in [2.05, 4.69) is 27.2 Å². The van der Waals surface area contributed by atoms with Crippen LogP contribution in [0, 0.1) is 5.92 Å². The maximum absolute atomic E-state index is 12.2. The lowest BCUT2D eigenvalue weighted by atomic mass is 9.93. The topological polar surface area (TPSA) is 72.3 Å². The third-order valence-electron chi connectivity index (χ3n) is 4.75. The van der Waals surface area contributed by atoms with Crippen LogP contribution >= 0.6 is 11.3 Å². The molecule has 0 saturated carbocycles. The Morgan fingerprint density at radius 2 is 2.25 bits per heavy atom. The molecular formula is C16H21N5O2S. The van der Waals surface area contributed by atoms with Crippen molar-refractivity contribution in [3.8, 4) is 0 Å². The zero-order valence-corrected chi connectivity index (χ0v) is 14.5. The van der Waals surface area contributed by atoms with Gasteiger partial charge in [-0.15, -0.1) is 16.4 Å². The van der Waals surface area contributed by atoms with E-state index in [9.17, 15) is 4.79 Å². The molecule has 0 bridgehead atoms. The van der Waals surface area contributed by atoms with Crippen molar-refractivity contribution in [1.29, 1.82) is 0 Å². The van der Waals surface area contributed by atoms with E-state index in [0.717, 1.165) is 45.1 Å². The second-order valence-electron chi connectivity index (χ2n) is 6.36. The van der Waals surface area contributed by atoms with Gasteiger partial charge in [0.2, 0.25) is 5.95 Å². The van der Waals surface area contributed by atoms with Gasteiger partial charge in [-0.1, -0.05) is 13.0 Å². The Balaban J connectivity index is 1.48. The van der Waals surface area contributed by atoms with Crippen LogP contribution in [0.15, 0.2) is 17.5 Å². The van der Waals surface area contributed by atoms with Gasteiger partial charge in [0.1, 0.15) is 5.82 Å². The summed E-state index contributed by atoms with van der Waals surface area (Å²) in [6, 6.07) is 4.11. The van der Waals surface area contributed by atoms with E-state index in [0.29, 0.717) is 22.8 Å². The quantitative estimate of drug-likeness (QED) is 0.911. The van der Waals surface area contributed by atoms with Crippen molar-refractivity contribution in [3.05, 3.63) is 28.2 Å². The molecule has 2 aliphatic heterocycles. The number of thiophene rings is 1. The molecule has 1 amide bonds. The molecule has 2 aromatic heterocycles. The molecule has 1 N–H and O–H groups in total. The summed E-state index contributed by atoms with van der Waals surface area (Å²) in [4.78, 5) is 19.8. The van der Waals surface area contributed by atoms with Crippen LogP contribution in [0.5, 0.6) is 0 Å². The first-order chi connectivity index (χ1) is 11.7. The number of aromatic nitrogens is 3. The van der Waals surface area contributed by atoms with Crippen molar-refractivity contribution in [2.24, 2.45) is 5.92 Å². The van der Waals surface area contributed by atoms with Gasteiger partial charge in [-0.25, -0.2) is 4.68 Å². The average molecular weight is 347 g/mol. The number of fused-ring (bicyclic) bond motifs is 1. The molecule has 2 unspecified atom stereocenters. The fourth-order valence-corrected chi connectivity index (χ4v) is 4.08. The second kappa shape index (κ2) is 6.62. The van der Waals surface area contributed by atoms with E-state index in [4.69, 9.17) is 4.74 Å². The molecule has 7 nitrogen and oxygen atoms in total. The smallest absolute Gasteiger partial charge is 0.268 e. The number of amides is 1. The molecule has 2 aliphatic rings. The van der Waals surface area contributed by atoms with E-state index < -0.39 is 0 Å². The molecule has 4 heterocycles. The number of carbonyl (C=O) groups is 1. The van der Waals surface area contributed by atoms with Crippen LogP contribution in [0.4, 0.5) is 5.95 Å². The number of hydrogen-bond donors (Lipinski definition) is 1. The van der Waals surface area contributed by atoms with E-state index in [1.165, 1.54) is 11.3 Å². The zero-order valence-electron chi connectivity index (χ0n) is 13.6. The summed E-state index contributed by atoms with van der Waals surface area (Å²) in [6.07, 6.45) is 0.879. The van der Waals surface area contributed by atoms with Gasteiger partial charge in [-0.05, 0) is 17.4 Å². The summed E-state index contributed by atoms with van der Waals surface area (Å²) in [6.45, 7) is 6.63. The molecule has 128 valence electrons. The molecule has 1 saturated heterocycles. The molecule has 1 fully saturated rings. The average Bonchev–Trinajstić information content (AvgIpc) is 3.24. The Hall–Kier alpha value is -1.77. The highest BCUT2D eigenvalue weighted by atomic mass is 32.1. The lowest BCUT2D eigenvalue weighted by Crippen LogP contribution is -2.50. The normalized spacial score (nSPS) is 24.5. The molecule has 8 heteroatoms. The van der Waals surface area contributed by atoms with Gasteiger partial charge >= 0.3 is 0 Å². The standard InChI is InChI=1S/C16H21N5O2S/c1-11-9-14-17-16(18-15(22)13-3-2-8-24-13)19-21(14)10-12(11)20-4-6-23-7-5-20/h2-3,8,11-12H,4-7,9-10H2,1H3,(H,18,19,22). The number of carbonyl (C=O) groups excluding carboxylic acids is 1. The van der Waals surface area contributed by atoms with Gasteiger partial charge in [-0.3, -0.25) is 15.0 Å². The maximum Gasteiger partial charge on any atom is 0.268 e. The van der Waals surface area contributed by atoms with E-state index in [-0.39, 0.29) is 5.91 Å². The van der Waals surface area contributed by atoms with E-state index in [1.54, 1.807) is 6.07 Å². The summed E-state index contributed by atoms with van der Waals surface area (Å²) in [5, 5.41) is 9.19. The molecule has 0 spiro atoms. The molecule has 0 aliphatic carbocycles. The Kier molecular flexibility index (Phi) is 4.34. The minimum Gasteiger partial charge on any atom is -0.379 e. The van der Waals surface area contributed by atoms with Crippen LogP contribution < -0.4 is 5.32 Å². The fourth-order valence-electron chi connectivity index (χ4n) is 3.46. The predicted octanol–water partition coefficient (Wildman–Crippen LogP) is 1.48. The minimum absolute atomic E-state index is 0.147. The largest absolute Gasteiger partial charge is 0.379 e. The molecule has 4 rings (SSSR count). The molecule has 24 heavy (non-hydrogen) atoms. The number of rotatable bonds is 3. The number of ether oxygens (including phenoxy) is 1. The maximum atomic E-state index is 12.2.